The third-order valence-corrected chi connectivity index (χ3v) is 5.12. The van der Waals surface area contributed by atoms with Crippen LogP contribution in [0.4, 0.5) is 29.3 Å². The van der Waals surface area contributed by atoms with Gasteiger partial charge in [0.15, 0.2) is 0 Å². The van der Waals surface area contributed by atoms with E-state index in [-0.39, 0.29) is 11.4 Å². The predicted octanol–water partition coefficient (Wildman–Crippen LogP) is 5.46. The molecule has 2 amide bonds. The van der Waals surface area contributed by atoms with Crippen LogP contribution in [0.2, 0.25) is 0 Å². The summed E-state index contributed by atoms with van der Waals surface area (Å²) in [5.41, 5.74) is 2.62. The van der Waals surface area contributed by atoms with Crippen molar-refractivity contribution in [2.75, 3.05) is 17.7 Å². The van der Waals surface area contributed by atoms with Crippen LogP contribution in [0, 0.1) is 6.92 Å². The Labute approximate surface area is 187 Å². The van der Waals surface area contributed by atoms with Gasteiger partial charge in [0.2, 0.25) is 0 Å². The van der Waals surface area contributed by atoms with E-state index in [9.17, 15) is 18.0 Å². The number of carbonyl (C=O) groups excluding carboxylic acids is 1. The number of rotatable bonds is 5. The second kappa shape index (κ2) is 8.81. The zero-order valence-electron chi connectivity index (χ0n) is 17.8. The molecule has 0 fully saturated rings. The van der Waals surface area contributed by atoms with Crippen molar-refractivity contribution in [1.29, 1.82) is 0 Å². The largest absolute Gasteiger partial charge is 0.495 e. The van der Waals surface area contributed by atoms with Gasteiger partial charge < -0.3 is 19.9 Å². The normalized spacial score (nSPS) is 11.4. The van der Waals surface area contributed by atoms with Crippen molar-refractivity contribution in [2.24, 2.45) is 0 Å². The Hall–Kier alpha value is -4.08. The van der Waals surface area contributed by atoms with E-state index >= 15 is 0 Å². The molecule has 0 radical (unpaired) electrons. The molecule has 2 N–H and O–H groups in total. The van der Waals surface area contributed by atoms with Crippen molar-refractivity contribution in [2.45, 2.75) is 19.6 Å². The number of amides is 2. The number of benzene rings is 2. The first kappa shape index (κ1) is 22.1. The second-order valence-electron chi connectivity index (χ2n) is 7.35. The number of aromatic nitrogens is 3. The Morgan fingerprint density at radius 1 is 1.09 bits per heavy atom. The number of imidazole rings is 1. The lowest BCUT2D eigenvalue weighted by Crippen LogP contribution is -2.21. The number of pyridine rings is 1. The van der Waals surface area contributed by atoms with Crippen LogP contribution in [0.3, 0.4) is 0 Å². The Morgan fingerprint density at radius 2 is 1.85 bits per heavy atom. The topological polar surface area (TPSA) is 81.1 Å². The molecule has 10 heteroatoms. The molecular weight excluding hydrogens is 435 g/mol. The number of fused-ring (bicyclic) bond motifs is 1. The molecule has 0 bridgehead atoms. The summed E-state index contributed by atoms with van der Waals surface area (Å²) in [4.78, 5) is 21.2. The predicted molar refractivity (Wildman–Crippen MR) is 118 cm³/mol. The van der Waals surface area contributed by atoms with Crippen LogP contribution < -0.4 is 15.4 Å². The first-order chi connectivity index (χ1) is 15.8. The van der Waals surface area contributed by atoms with Crippen LogP contribution in [0.25, 0.3) is 11.0 Å². The zero-order chi connectivity index (χ0) is 23.6. The van der Waals surface area contributed by atoms with Gasteiger partial charge in [-0.25, -0.2) is 9.78 Å². The number of carbonyl (C=O) groups is 1. The molecule has 4 rings (SSSR count). The molecule has 0 unspecified atom stereocenters. The monoisotopic (exact) mass is 455 g/mol. The molecule has 2 aromatic heterocycles. The Bertz CT molecular complexity index is 1300. The van der Waals surface area contributed by atoms with Crippen molar-refractivity contribution < 1.29 is 22.7 Å². The summed E-state index contributed by atoms with van der Waals surface area (Å²) in [7, 11) is 1.31. The van der Waals surface area contributed by atoms with Gasteiger partial charge in [0, 0.05) is 18.9 Å². The lowest BCUT2D eigenvalue weighted by atomic mass is 10.1. The standard InChI is InChI=1S/C23H20F3N5O2/c1-14-3-5-18-21(28-13-31(18)12-15-7-9-27-10-8-15)20(14)30-22(32)29-17-11-16(23(24,25)26)4-6-19(17)33-2/h3-11,13H,12H2,1-2H3,(H2,29,30,32). The smallest absolute Gasteiger partial charge is 0.416 e. The van der Waals surface area contributed by atoms with Crippen LogP contribution in [0.1, 0.15) is 16.7 Å². The highest BCUT2D eigenvalue weighted by Gasteiger charge is 2.31. The number of aryl methyl sites for hydroxylation is 1. The molecule has 7 nitrogen and oxygen atoms in total. The van der Waals surface area contributed by atoms with Gasteiger partial charge in [-0.3, -0.25) is 4.98 Å². The molecule has 170 valence electrons. The Balaban J connectivity index is 1.60. The van der Waals surface area contributed by atoms with E-state index in [4.69, 9.17) is 4.74 Å². The molecule has 0 atom stereocenters. The van der Waals surface area contributed by atoms with Gasteiger partial charge in [0.25, 0.3) is 0 Å². The third kappa shape index (κ3) is 4.74. The highest BCUT2D eigenvalue weighted by atomic mass is 19.4. The summed E-state index contributed by atoms with van der Waals surface area (Å²) < 4.78 is 46.3. The minimum Gasteiger partial charge on any atom is -0.495 e. The Kier molecular flexibility index (Phi) is 5.91. The highest BCUT2D eigenvalue weighted by Crippen LogP contribution is 2.35. The van der Waals surface area contributed by atoms with E-state index in [0.717, 1.165) is 34.8 Å². The molecule has 4 aromatic rings. The Morgan fingerprint density at radius 3 is 2.55 bits per heavy atom. The number of hydrogen-bond acceptors (Lipinski definition) is 4. The quantitative estimate of drug-likeness (QED) is 0.419. The van der Waals surface area contributed by atoms with Gasteiger partial charge in [0.05, 0.1) is 35.9 Å². The fourth-order valence-electron chi connectivity index (χ4n) is 3.45. The number of nitrogens with one attached hydrogen (secondary N) is 2. The van der Waals surface area contributed by atoms with Crippen molar-refractivity contribution in [3.8, 4) is 5.75 Å². The maximum absolute atomic E-state index is 13.1. The van der Waals surface area contributed by atoms with Gasteiger partial charge >= 0.3 is 12.2 Å². The van der Waals surface area contributed by atoms with Gasteiger partial charge in [-0.05, 0) is 54.4 Å². The summed E-state index contributed by atoms with van der Waals surface area (Å²) in [6, 6.07) is 9.70. The summed E-state index contributed by atoms with van der Waals surface area (Å²) in [6.07, 6.45) is 0.530. The molecule has 0 aliphatic rings. The van der Waals surface area contributed by atoms with Crippen molar-refractivity contribution in [3.05, 3.63) is 77.9 Å². The fourth-order valence-corrected chi connectivity index (χ4v) is 3.45. The lowest BCUT2D eigenvalue weighted by molar-refractivity contribution is -0.137. The van der Waals surface area contributed by atoms with E-state index in [1.165, 1.54) is 7.11 Å². The van der Waals surface area contributed by atoms with Crippen LogP contribution in [-0.4, -0.2) is 27.7 Å². The molecule has 2 heterocycles. The van der Waals surface area contributed by atoms with Gasteiger partial charge in [-0.2, -0.15) is 13.2 Å². The minimum atomic E-state index is -4.55. The maximum Gasteiger partial charge on any atom is 0.416 e. The number of hydrogen-bond donors (Lipinski definition) is 2. The van der Waals surface area contributed by atoms with Gasteiger partial charge in [0.1, 0.15) is 11.3 Å². The van der Waals surface area contributed by atoms with Crippen LogP contribution in [0.5, 0.6) is 5.75 Å². The van der Waals surface area contributed by atoms with Crippen LogP contribution >= 0.6 is 0 Å². The number of urea groups is 1. The number of alkyl halides is 3. The molecule has 0 saturated carbocycles. The summed E-state index contributed by atoms with van der Waals surface area (Å²) in [5.74, 6) is 0.106. The average molecular weight is 455 g/mol. The highest BCUT2D eigenvalue weighted by molar-refractivity contribution is 6.06. The number of ether oxygens (including phenoxy) is 1. The number of nitrogens with zero attached hydrogens (tertiary/aromatic N) is 3. The van der Waals surface area contributed by atoms with Crippen molar-refractivity contribution >= 4 is 28.4 Å². The first-order valence-corrected chi connectivity index (χ1v) is 9.93. The third-order valence-electron chi connectivity index (χ3n) is 5.12. The molecule has 0 aliphatic carbocycles. The van der Waals surface area contributed by atoms with E-state index in [2.05, 4.69) is 20.6 Å². The molecule has 33 heavy (non-hydrogen) atoms. The molecule has 0 saturated heterocycles. The SMILES string of the molecule is COc1ccc(C(F)(F)F)cc1NC(=O)Nc1c(C)ccc2c1ncn2Cc1ccncc1. The second-order valence-corrected chi connectivity index (χ2v) is 7.35. The number of methoxy groups -OCH3 is 1. The summed E-state index contributed by atoms with van der Waals surface area (Å²) in [6.45, 7) is 2.37. The minimum absolute atomic E-state index is 0.0992. The molecule has 2 aromatic carbocycles. The maximum atomic E-state index is 13.1. The number of halogens is 3. The summed E-state index contributed by atoms with van der Waals surface area (Å²) in [5, 5.41) is 5.16. The zero-order valence-corrected chi connectivity index (χ0v) is 17.8. The molecule has 0 spiro atoms. The molecular formula is C23H20F3N5O2. The van der Waals surface area contributed by atoms with Crippen LogP contribution in [-0.2, 0) is 12.7 Å². The van der Waals surface area contributed by atoms with Crippen LogP contribution in [0.15, 0.2) is 61.2 Å². The van der Waals surface area contributed by atoms with E-state index < -0.39 is 17.8 Å². The van der Waals surface area contributed by atoms with Crippen molar-refractivity contribution in [3.63, 3.8) is 0 Å². The van der Waals surface area contributed by atoms with Gasteiger partial charge in [-0.15, -0.1) is 0 Å². The van der Waals surface area contributed by atoms with Gasteiger partial charge in [-0.1, -0.05) is 6.07 Å². The van der Waals surface area contributed by atoms with Crippen molar-refractivity contribution in [1.82, 2.24) is 14.5 Å². The van der Waals surface area contributed by atoms with E-state index in [1.807, 2.05) is 35.8 Å². The van der Waals surface area contributed by atoms with E-state index in [0.29, 0.717) is 17.7 Å². The number of anilines is 2. The molecule has 0 aliphatic heterocycles. The fraction of sp³-hybridized carbons (Fsp3) is 0.174. The van der Waals surface area contributed by atoms with E-state index in [1.54, 1.807) is 18.7 Å². The average Bonchev–Trinajstić information content (AvgIpc) is 3.18. The lowest BCUT2D eigenvalue weighted by Gasteiger charge is -2.15. The first-order valence-electron chi connectivity index (χ1n) is 9.93. The summed E-state index contributed by atoms with van der Waals surface area (Å²) >= 11 is 0.